The van der Waals surface area contributed by atoms with Gasteiger partial charge in [0, 0.05) is 33.6 Å². The van der Waals surface area contributed by atoms with E-state index in [4.69, 9.17) is 23.2 Å². The molecular weight excluding hydrogens is 369 g/mol. The average molecular weight is 381 g/mol. The predicted molar refractivity (Wildman–Crippen MR) is 85.1 cm³/mol. The molecule has 1 aromatic carbocycles. The van der Waals surface area contributed by atoms with Gasteiger partial charge in [0.2, 0.25) is 0 Å². The van der Waals surface area contributed by atoms with Gasteiger partial charge >= 0.3 is 0 Å². The minimum atomic E-state index is -0.672. The van der Waals surface area contributed by atoms with E-state index in [0.717, 1.165) is 3.79 Å². The summed E-state index contributed by atoms with van der Waals surface area (Å²) < 4.78 is 1.10. The largest absolute Gasteiger partial charge is 0.387 e. The molecule has 102 valence electrons. The van der Waals surface area contributed by atoms with Crippen LogP contribution >= 0.6 is 50.5 Å². The first-order chi connectivity index (χ1) is 9.06. The second kappa shape index (κ2) is 7.07. The summed E-state index contributed by atoms with van der Waals surface area (Å²) in [5.74, 6) is 0. The Hall–Kier alpha value is -0.100. The molecule has 0 spiro atoms. The molecule has 1 atom stereocenters. The van der Waals surface area contributed by atoms with Crippen molar-refractivity contribution < 1.29 is 5.11 Å². The van der Waals surface area contributed by atoms with Gasteiger partial charge in [0.05, 0.1) is 9.89 Å². The zero-order chi connectivity index (χ0) is 13.8. The first kappa shape index (κ1) is 15.3. The molecule has 1 unspecified atom stereocenters. The van der Waals surface area contributed by atoms with Gasteiger partial charge in [0.1, 0.15) is 0 Å². The monoisotopic (exact) mass is 379 g/mol. The van der Waals surface area contributed by atoms with E-state index in [2.05, 4.69) is 21.2 Å². The minimum absolute atomic E-state index is 0.426. The molecule has 0 radical (unpaired) electrons. The van der Waals surface area contributed by atoms with Crippen molar-refractivity contribution in [2.24, 2.45) is 0 Å². The van der Waals surface area contributed by atoms with Crippen LogP contribution in [0, 0.1) is 0 Å². The van der Waals surface area contributed by atoms with Gasteiger partial charge < -0.3 is 10.4 Å². The summed E-state index contributed by atoms with van der Waals surface area (Å²) >= 11 is 17.0. The lowest BCUT2D eigenvalue weighted by Crippen LogP contribution is -2.20. The Kier molecular flexibility index (Phi) is 5.69. The summed E-state index contributed by atoms with van der Waals surface area (Å²) in [4.78, 5) is 1.20. The molecule has 0 saturated heterocycles. The minimum Gasteiger partial charge on any atom is -0.387 e. The molecule has 6 heteroatoms. The predicted octanol–water partition coefficient (Wildman–Crippen LogP) is 4.64. The Labute approximate surface area is 134 Å². The Morgan fingerprint density at radius 1 is 1.26 bits per heavy atom. The molecule has 0 bridgehead atoms. The molecule has 0 aliphatic rings. The van der Waals surface area contributed by atoms with Gasteiger partial charge in [-0.05, 0) is 46.3 Å². The zero-order valence-corrected chi connectivity index (χ0v) is 13.8. The molecule has 0 saturated carbocycles. The maximum atomic E-state index is 10.1. The lowest BCUT2D eigenvalue weighted by atomic mass is 10.1. The lowest BCUT2D eigenvalue weighted by molar-refractivity contribution is 0.174. The Bertz CT molecular complexity index is 561. The van der Waals surface area contributed by atoms with Crippen molar-refractivity contribution in [3.05, 3.63) is 54.6 Å². The van der Waals surface area contributed by atoms with Crippen LogP contribution in [-0.4, -0.2) is 11.7 Å². The van der Waals surface area contributed by atoms with Crippen molar-refractivity contribution in [3.63, 3.8) is 0 Å². The molecule has 2 N–H and O–H groups in total. The van der Waals surface area contributed by atoms with Crippen LogP contribution in [0.4, 0.5) is 0 Å². The summed E-state index contributed by atoms with van der Waals surface area (Å²) in [5, 5.41) is 14.4. The third kappa shape index (κ3) is 4.45. The quantitative estimate of drug-likeness (QED) is 0.791. The van der Waals surface area contributed by atoms with E-state index >= 15 is 0 Å². The van der Waals surface area contributed by atoms with Crippen LogP contribution in [0.5, 0.6) is 0 Å². The zero-order valence-electron chi connectivity index (χ0n) is 9.87. The van der Waals surface area contributed by atoms with Crippen molar-refractivity contribution >= 4 is 50.5 Å². The van der Waals surface area contributed by atoms with E-state index in [-0.39, 0.29) is 0 Å². The van der Waals surface area contributed by atoms with Crippen molar-refractivity contribution in [2.45, 2.75) is 12.6 Å². The fourth-order valence-electron chi connectivity index (χ4n) is 1.66. The first-order valence-corrected chi connectivity index (χ1v) is 8.01. The van der Waals surface area contributed by atoms with Crippen molar-refractivity contribution in [2.75, 3.05) is 6.54 Å². The van der Waals surface area contributed by atoms with E-state index in [1.807, 2.05) is 12.1 Å². The number of benzene rings is 1. The molecule has 0 amide bonds. The van der Waals surface area contributed by atoms with Gasteiger partial charge in [-0.1, -0.05) is 23.2 Å². The van der Waals surface area contributed by atoms with E-state index < -0.39 is 6.10 Å². The summed E-state index contributed by atoms with van der Waals surface area (Å²) in [6.45, 7) is 1.14. The van der Waals surface area contributed by atoms with Crippen LogP contribution in [0.3, 0.4) is 0 Å². The molecule has 2 aromatic rings. The normalized spacial score (nSPS) is 12.6. The topological polar surface area (TPSA) is 32.3 Å². The van der Waals surface area contributed by atoms with E-state index in [0.29, 0.717) is 28.7 Å². The number of hydrogen-bond acceptors (Lipinski definition) is 3. The third-order valence-electron chi connectivity index (χ3n) is 2.58. The van der Waals surface area contributed by atoms with Crippen LogP contribution in [0.2, 0.25) is 10.0 Å². The van der Waals surface area contributed by atoms with Gasteiger partial charge in [-0.15, -0.1) is 11.3 Å². The van der Waals surface area contributed by atoms with Gasteiger partial charge in [-0.25, -0.2) is 0 Å². The van der Waals surface area contributed by atoms with Gasteiger partial charge in [0.15, 0.2) is 0 Å². The summed E-state index contributed by atoms with van der Waals surface area (Å²) in [6.07, 6.45) is -0.672. The lowest BCUT2D eigenvalue weighted by Gasteiger charge is -2.13. The van der Waals surface area contributed by atoms with E-state index in [1.165, 1.54) is 4.88 Å². The Morgan fingerprint density at radius 3 is 2.74 bits per heavy atom. The number of aliphatic hydroxyl groups excluding tert-OH is 1. The molecule has 1 aromatic heterocycles. The van der Waals surface area contributed by atoms with Crippen molar-refractivity contribution in [3.8, 4) is 0 Å². The Morgan fingerprint density at radius 2 is 2.05 bits per heavy atom. The first-order valence-electron chi connectivity index (χ1n) is 5.64. The smallest absolute Gasteiger partial charge is 0.0929 e. The number of halogens is 3. The fourth-order valence-corrected chi connectivity index (χ4v) is 3.54. The highest BCUT2D eigenvalue weighted by Gasteiger charge is 2.12. The SMILES string of the molecule is OC(CNCc1ccc(Br)s1)c1cc(Cl)ccc1Cl. The van der Waals surface area contributed by atoms with Gasteiger partial charge in [0.25, 0.3) is 0 Å². The fraction of sp³-hybridized carbons (Fsp3) is 0.231. The van der Waals surface area contributed by atoms with Crippen LogP contribution in [-0.2, 0) is 6.54 Å². The number of rotatable bonds is 5. The number of thiophene rings is 1. The maximum Gasteiger partial charge on any atom is 0.0929 e. The number of hydrogen-bond donors (Lipinski definition) is 2. The second-order valence-electron chi connectivity index (χ2n) is 4.02. The molecule has 0 fully saturated rings. The third-order valence-corrected chi connectivity index (χ3v) is 4.79. The molecular formula is C13H12BrCl2NOS. The van der Waals surface area contributed by atoms with Gasteiger partial charge in [-0.2, -0.15) is 0 Å². The summed E-state index contributed by atoms with van der Waals surface area (Å²) in [6, 6.07) is 9.14. The number of nitrogens with one attached hydrogen (secondary N) is 1. The molecule has 1 heterocycles. The molecule has 2 rings (SSSR count). The van der Waals surface area contributed by atoms with Crippen LogP contribution in [0.15, 0.2) is 34.1 Å². The van der Waals surface area contributed by atoms with Crippen molar-refractivity contribution in [1.82, 2.24) is 5.32 Å². The second-order valence-corrected chi connectivity index (χ2v) is 7.41. The Balaban J connectivity index is 1.90. The molecule has 19 heavy (non-hydrogen) atoms. The van der Waals surface area contributed by atoms with Crippen LogP contribution < -0.4 is 5.32 Å². The van der Waals surface area contributed by atoms with E-state index in [1.54, 1.807) is 29.5 Å². The highest BCUT2D eigenvalue weighted by atomic mass is 79.9. The highest BCUT2D eigenvalue weighted by Crippen LogP contribution is 2.26. The standard InChI is InChI=1S/C13H12BrCl2NOS/c14-13-4-2-9(19-13)6-17-7-12(18)10-5-8(15)1-3-11(10)16/h1-5,12,17-18H,6-7H2. The maximum absolute atomic E-state index is 10.1. The molecule has 0 aliphatic heterocycles. The molecule has 0 aliphatic carbocycles. The van der Waals surface area contributed by atoms with E-state index in [9.17, 15) is 5.11 Å². The van der Waals surface area contributed by atoms with Crippen LogP contribution in [0.25, 0.3) is 0 Å². The average Bonchev–Trinajstić information content (AvgIpc) is 2.78. The summed E-state index contributed by atoms with van der Waals surface area (Å²) in [5.41, 5.74) is 0.647. The van der Waals surface area contributed by atoms with Gasteiger partial charge in [-0.3, -0.25) is 0 Å². The van der Waals surface area contributed by atoms with Crippen molar-refractivity contribution in [1.29, 1.82) is 0 Å². The summed E-state index contributed by atoms with van der Waals surface area (Å²) in [7, 11) is 0. The highest BCUT2D eigenvalue weighted by molar-refractivity contribution is 9.11. The number of aliphatic hydroxyl groups is 1. The molecule has 2 nitrogen and oxygen atoms in total. The van der Waals surface area contributed by atoms with Crippen LogP contribution in [0.1, 0.15) is 16.5 Å².